The SMILES string of the molecule is C=CC(=O)Oc1ccc(C=Cc2ccc(N(C=C(c3ccccn3)c3ccccn3)c3ccccc3)cc2)cc1. The molecule has 0 aliphatic heterocycles. The molecule has 0 unspecified atom stereocenters. The summed E-state index contributed by atoms with van der Waals surface area (Å²) in [6.07, 6.45) is 10.9. The van der Waals surface area contributed by atoms with Crippen LogP contribution < -0.4 is 9.64 Å². The fourth-order valence-corrected chi connectivity index (χ4v) is 4.07. The molecule has 194 valence electrons. The molecule has 40 heavy (non-hydrogen) atoms. The third kappa shape index (κ3) is 6.65. The van der Waals surface area contributed by atoms with Gasteiger partial charge in [0, 0.05) is 41.6 Å². The quantitative estimate of drug-likeness (QED) is 0.0852. The van der Waals surface area contributed by atoms with Gasteiger partial charge in [-0.15, -0.1) is 0 Å². The number of rotatable bonds is 9. The van der Waals surface area contributed by atoms with Crippen molar-refractivity contribution in [1.82, 2.24) is 9.97 Å². The summed E-state index contributed by atoms with van der Waals surface area (Å²) in [6, 6.07) is 37.6. The minimum absolute atomic E-state index is 0.477. The maximum Gasteiger partial charge on any atom is 0.335 e. The summed E-state index contributed by atoms with van der Waals surface area (Å²) in [6.45, 7) is 3.42. The molecule has 5 rings (SSSR count). The molecule has 5 heteroatoms. The van der Waals surface area contributed by atoms with Crippen molar-refractivity contribution < 1.29 is 9.53 Å². The van der Waals surface area contributed by atoms with Gasteiger partial charge in [-0.2, -0.15) is 0 Å². The number of nitrogens with zero attached hydrogens (tertiary/aromatic N) is 3. The van der Waals surface area contributed by atoms with Gasteiger partial charge < -0.3 is 9.64 Å². The predicted octanol–water partition coefficient (Wildman–Crippen LogP) is 7.97. The molecular formula is C35H27N3O2. The molecule has 5 aromatic rings. The van der Waals surface area contributed by atoms with Crippen LogP contribution in [-0.2, 0) is 4.79 Å². The third-order valence-electron chi connectivity index (χ3n) is 6.08. The molecule has 0 bridgehead atoms. The lowest BCUT2D eigenvalue weighted by Gasteiger charge is -2.23. The average molecular weight is 522 g/mol. The molecule has 0 saturated carbocycles. The van der Waals surface area contributed by atoms with E-state index in [-0.39, 0.29) is 0 Å². The highest BCUT2D eigenvalue weighted by molar-refractivity contribution is 5.83. The monoisotopic (exact) mass is 521 g/mol. The molecule has 0 fully saturated rings. The second-order valence-electron chi connectivity index (χ2n) is 8.80. The first-order valence-corrected chi connectivity index (χ1v) is 12.8. The number of carbonyl (C=O) groups excluding carboxylic acids is 1. The van der Waals surface area contributed by atoms with E-state index in [1.54, 1.807) is 24.5 Å². The van der Waals surface area contributed by atoms with Crippen LogP contribution in [0.1, 0.15) is 22.5 Å². The maximum atomic E-state index is 11.4. The van der Waals surface area contributed by atoms with Crippen LogP contribution in [0.5, 0.6) is 5.75 Å². The molecule has 0 aliphatic rings. The highest BCUT2D eigenvalue weighted by Gasteiger charge is 2.13. The van der Waals surface area contributed by atoms with E-state index in [2.05, 4.69) is 64.0 Å². The fourth-order valence-electron chi connectivity index (χ4n) is 4.07. The van der Waals surface area contributed by atoms with Gasteiger partial charge in [-0.05, 0) is 71.8 Å². The van der Waals surface area contributed by atoms with Crippen LogP contribution in [0.3, 0.4) is 0 Å². The van der Waals surface area contributed by atoms with Gasteiger partial charge in [0.1, 0.15) is 5.75 Å². The molecule has 2 heterocycles. The van der Waals surface area contributed by atoms with E-state index < -0.39 is 5.97 Å². The molecule has 0 amide bonds. The van der Waals surface area contributed by atoms with Crippen molar-refractivity contribution in [3.05, 3.63) is 169 Å². The van der Waals surface area contributed by atoms with Gasteiger partial charge in [-0.3, -0.25) is 9.97 Å². The number of para-hydroxylation sites is 1. The van der Waals surface area contributed by atoms with Gasteiger partial charge in [0.05, 0.1) is 11.4 Å². The van der Waals surface area contributed by atoms with Gasteiger partial charge in [-0.1, -0.05) is 73.3 Å². The molecular weight excluding hydrogens is 494 g/mol. The van der Waals surface area contributed by atoms with Crippen molar-refractivity contribution >= 4 is 35.1 Å². The number of esters is 1. The lowest BCUT2D eigenvalue weighted by Crippen LogP contribution is -2.11. The molecule has 5 nitrogen and oxygen atoms in total. The van der Waals surface area contributed by atoms with E-state index in [0.29, 0.717) is 5.75 Å². The molecule has 0 N–H and O–H groups in total. The van der Waals surface area contributed by atoms with E-state index in [4.69, 9.17) is 4.74 Å². The minimum atomic E-state index is -0.477. The van der Waals surface area contributed by atoms with Gasteiger partial charge in [0.25, 0.3) is 0 Å². The van der Waals surface area contributed by atoms with Crippen LogP contribution in [0, 0.1) is 0 Å². The first-order valence-electron chi connectivity index (χ1n) is 12.8. The van der Waals surface area contributed by atoms with Crippen LogP contribution in [0.4, 0.5) is 11.4 Å². The Morgan fingerprint density at radius 3 is 1.70 bits per heavy atom. The Morgan fingerprint density at radius 2 is 1.18 bits per heavy atom. The van der Waals surface area contributed by atoms with E-state index in [1.165, 1.54) is 0 Å². The van der Waals surface area contributed by atoms with Crippen molar-refractivity contribution in [3.8, 4) is 5.75 Å². The van der Waals surface area contributed by atoms with Gasteiger partial charge in [0.15, 0.2) is 0 Å². The number of carbonyl (C=O) groups is 1. The van der Waals surface area contributed by atoms with Crippen molar-refractivity contribution in [2.75, 3.05) is 4.90 Å². The van der Waals surface area contributed by atoms with Gasteiger partial charge in [-0.25, -0.2) is 4.79 Å². The summed E-state index contributed by atoms with van der Waals surface area (Å²) in [5.41, 5.74) is 6.66. The molecule has 0 atom stereocenters. The number of hydrogen-bond acceptors (Lipinski definition) is 5. The average Bonchev–Trinajstić information content (AvgIpc) is 3.03. The van der Waals surface area contributed by atoms with Crippen LogP contribution >= 0.6 is 0 Å². The van der Waals surface area contributed by atoms with Crippen molar-refractivity contribution in [1.29, 1.82) is 0 Å². The molecule has 0 radical (unpaired) electrons. The topological polar surface area (TPSA) is 55.3 Å². The second-order valence-corrected chi connectivity index (χ2v) is 8.80. The number of aromatic nitrogens is 2. The molecule has 0 saturated heterocycles. The van der Waals surface area contributed by atoms with Crippen LogP contribution in [0.15, 0.2) is 147 Å². The zero-order valence-corrected chi connectivity index (χ0v) is 21.8. The summed E-state index contributed by atoms with van der Waals surface area (Å²) in [5, 5.41) is 0. The lowest BCUT2D eigenvalue weighted by atomic mass is 10.1. The van der Waals surface area contributed by atoms with Crippen LogP contribution in [0.2, 0.25) is 0 Å². The first-order chi connectivity index (χ1) is 19.7. The highest BCUT2D eigenvalue weighted by Crippen LogP contribution is 2.30. The van der Waals surface area contributed by atoms with Crippen molar-refractivity contribution in [2.45, 2.75) is 0 Å². The zero-order chi connectivity index (χ0) is 27.6. The van der Waals surface area contributed by atoms with E-state index in [0.717, 1.165) is 45.5 Å². The molecule has 2 aromatic heterocycles. The number of benzene rings is 3. The lowest BCUT2D eigenvalue weighted by molar-refractivity contribution is -0.128. The molecule has 3 aromatic carbocycles. The normalized spacial score (nSPS) is 10.6. The Hall–Kier alpha value is -5.55. The Morgan fingerprint density at radius 1 is 0.650 bits per heavy atom. The van der Waals surface area contributed by atoms with Crippen LogP contribution in [-0.4, -0.2) is 15.9 Å². The van der Waals surface area contributed by atoms with Crippen molar-refractivity contribution in [2.24, 2.45) is 0 Å². The van der Waals surface area contributed by atoms with E-state index in [9.17, 15) is 4.79 Å². The Bertz CT molecular complexity index is 1570. The number of anilines is 2. The Balaban J connectivity index is 1.45. The summed E-state index contributed by atoms with van der Waals surface area (Å²) in [4.78, 5) is 22.8. The molecule has 0 spiro atoms. The summed E-state index contributed by atoms with van der Waals surface area (Å²) >= 11 is 0. The predicted molar refractivity (Wildman–Crippen MR) is 162 cm³/mol. The number of hydrogen-bond donors (Lipinski definition) is 0. The summed E-state index contributed by atoms with van der Waals surface area (Å²) in [7, 11) is 0. The first kappa shape index (κ1) is 26.1. The van der Waals surface area contributed by atoms with Gasteiger partial charge >= 0.3 is 5.97 Å². The number of ether oxygens (including phenoxy) is 1. The summed E-state index contributed by atoms with van der Waals surface area (Å²) < 4.78 is 5.14. The van der Waals surface area contributed by atoms with E-state index >= 15 is 0 Å². The second kappa shape index (κ2) is 12.8. The molecule has 0 aliphatic carbocycles. The zero-order valence-electron chi connectivity index (χ0n) is 21.8. The number of pyridine rings is 2. The maximum absolute atomic E-state index is 11.4. The fraction of sp³-hybridized carbons (Fsp3) is 0. The largest absolute Gasteiger partial charge is 0.423 e. The van der Waals surface area contributed by atoms with Gasteiger partial charge in [0.2, 0.25) is 0 Å². The minimum Gasteiger partial charge on any atom is -0.423 e. The smallest absolute Gasteiger partial charge is 0.335 e. The standard InChI is InChI=1S/C35H27N3O2/c1-2-35(39)40-31-22-18-28(19-23-31)15-14-27-16-20-30(21-17-27)38(29-10-4-3-5-11-29)26-32(33-12-6-8-24-36-33)34-13-7-9-25-37-34/h2-26H,1H2. The Kier molecular flexibility index (Phi) is 8.35. The van der Waals surface area contributed by atoms with Crippen LogP contribution in [0.25, 0.3) is 17.7 Å². The van der Waals surface area contributed by atoms with Crippen molar-refractivity contribution in [3.63, 3.8) is 0 Å². The van der Waals surface area contributed by atoms with E-state index in [1.807, 2.05) is 78.9 Å². The highest BCUT2D eigenvalue weighted by atomic mass is 16.5. The Labute approximate surface area is 234 Å². The third-order valence-corrected chi connectivity index (χ3v) is 6.08. The summed E-state index contributed by atoms with van der Waals surface area (Å²) in [5.74, 6) is 0.00573.